The fourth-order valence-corrected chi connectivity index (χ4v) is 0.383. The summed E-state index contributed by atoms with van der Waals surface area (Å²) in [4.78, 5) is 9.67. The molecule has 0 unspecified atom stereocenters. The first-order chi connectivity index (χ1) is 4.41. The number of allylic oxidation sites excluding steroid dienone is 1. The van der Waals surface area contributed by atoms with E-state index in [1.54, 1.807) is 0 Å². The van der Waals surface area contributed by atoms with Crippen molar-refractivity contribution in [1.29, 1.82) is 0 Å². The summed E-state index contributed by atoms with van der Waals surface area (Å²) in [7, 11) is 0. The van der Waals surface area contributed by atoms with Gasteiger partial charge in [-0.05, 0) is 6.42 Å². The van der Waals surface area contributed by atoms with E-state index < -0.39 is 0 Å². The Labute approximate surface area is 55.5 Å². The second-order valence-corrected chi connectivity index (χ2v) is 1.69. The molecule has 0 aromatic carbocycles. The van der Waals surface area contributed by atoms with E-state index in [4.69, 9.17) is 4.74 Å². The molecule has 0 heterocycles. The molecule has 0 aromatic heterocycles. The van der Waals surface area contributed by atoms with E-state index in [2.05, 4.69) is 6.92 Å². The van der Waals surface area contributed by atoms with Gasteiger partial charge < -0.3 is 4.74 Å². The first-order valence-corrected chi connectivity index (χ1v) is 3.13. The second-order valence-electron chi connectivity index (χ2n) is 1.69. The molecule has 0 aliphatic heterocycles. The molecule has 0 radical (unpaired) electrons. The van der Waals surface area contributed by atoms with Gasteiger partial charge in [0.05, 0.1) is 12.9 Å². The highest BCUT2D eigenvalue weighted by Crippen LogP contribution is 1.87. The number of hydrogen-bond acceptors (Lipinski definition) is 2. The highest BCUT2D eigenvalue weighted by molar-refractivity contribution is 5.64. The van der Waals surface area contributed by atoms with Gasteiger partial charge in [-0.1, -0.05) is 13.3 Å². The van der Waals surface area contributed by atoms with Crippen molar-refractivity contribution < 1.29 is 9.53 Å². The lowest BCUT2D eigenvalue weighted by atomic mass is 10.4. The molecule has 0 aromatic rings. The normalized spacial score (nSPS) is 9.89. The highest BCUT2D eigenvalue weighted by atomic mass is 16.5. The number of ether oxygens (including phenoxy) is 1. The van der Waals surface area contributed by atoms with Crippen LogP contribution in [0.25, 0.3) is 0 Å². The number of rotatable bonds is 5. The summed E-state index contributed by atoms with van der Waals surface area (Å²) in [5, 5.41) is 0. The number of carbonyl (C=O) groups is 1. The van der Waals surface area contributed by atoms with Crippen LogP contribution in [0, 0.1) is 0 Å². The molecule has 0 spiro atoms. The third-order valence-corrected chi connectivity index (χ3v) is 0.869. The Hall–Kier alpha value is -0.790. The molecular weight excluding hydrogens is 116 g/mol. The second kappa shape index (κ2) is 7.21. The number of unbranched alkanes of at least 4 members (excludes halogenated alkanes) is 1. The van der Waals surface area contributed by atoms with Gasteiger partial charge in [0.25, 0.3) is 0 Å². The molecule has 0 fully saturated rings. The first kappa shape index (κ1) is 8.21. The lowest BCUT2D eigenvalue weighted by Crippen LogP contribution is -1.84. The van der Waals surface area contributed by atoms with Gasteiger partial charge in [0.15, 0.2) is 0 Å². The summed E-state index contributed by atoms with van der Waals surface area (Å²) in [6, 6.07) is 0. The standard InChI is InChI=1S/C7H12O2/c1-2-3-6-9-7-4-5-8/h4-5,7H,2-3,6H2,1H3. The molecule has 9 heavy (non-hydrogen) atoms. The minimum absolute atomic E-state index is 0.700. The van der Waals surface area contributed by atoms with Crippen LogP contribution in [0.15, 0.2) is 12.3 Å². The zero-order valence-electron chi connectivity index (χ0n) is 5.67. The molecule has 0 saturated heterocycles. The molecule has 0 N–H and O–H groups in total. The van der Waals surface area contributed by atoms with Gasteiger partial charge in [-0.2, -0.15) is 0 Å². The molecular formula is C7H12O2. The maximum Gasteiger partial charge on any atom is 0.145 e. The molecule has 2 nitrogen and oxygen atoms in total. The summed E-state index contributed by atoms with van der Waals surface area (Å²) in [6.45, 7) is 2.80. The zero-order chi connectivity index (χ0) is 6.95. The van der Waals surface area contributed by atoms with Crippen molar-refractivity contribution in [3.63, 3.8) is 0 Å². The van der Waals surface area contributed by atoms with Crippen LogP contribution in [0.1, 0.15) is 19.8 Å². The fraction of sp³-hybridized carbons (Fsp3) is 0.571. The lowest BCUT2D eigenvalue weighted by Gasteiger charge is -1.94. The van der Waals surface area contributed by atoms with Crippen LogP contribution in [0.2, 0.25) is 0 Å². The van der Waals surface area contributed by atoms with Crippen LogP contribution in [-0.2, 0) is 9.53 Å². The van der Waals surface area contributed by atoms with Gasteiger partial charge in [0.1, 0.15) is 6.29 Å². The Balaban J connectivity index is 2.90. The van der Waals surface area contributed by atoms with E-state index in [0.717, 1.165) is 12.8 Å². The van der Waals surface area contributed by atoms with Crippen LogP contribution >= 0.6 is 0 Å². The average Bonchev–Trinajstić information content (AvgIpc) is 1.89. The Morgan fingerprint density at radius 3 is 2.89 bits per heavy atom. The molecule has 0 aliphatic carbocycles. The van der Waals surface area contributed by atoms with Crippen molar-refractivity contribution in [1.82, 2.24) is 0 Å². The molecule has 0 bridgehead atoms. The third kappa shape index (κ3) is 7.21. The Kier molecular flexibility index (Phi) is 6.58. The van der Waals surface area contributed by atoms with Crippen molar-refractivity contribution in [2.24, 2.45) is 0 Å². The molecule has 52 valence electrons. The van der Waals surface area contributed by atoms with Crippen molar-refractivity contribution in [3.8, 4) is 0 Å². The Morgan fingerprint density at radius 1 is 1.56 bits per heavy atom. The largest absolute Gasteiger partial charge is 0.501 e. The quantitative estimate of drug-likeness (QED) is 0.243. The van der Waals surface area contributed by atoms with Crippen LogP contribution in [0.5, 0.6) is 0 Å². The SMILES string of the molecule is CCCCOC=CC=O. The van der Waals surface area contributed by atoms with Gasteiger partial charge >= 0.3 is 0 Å². The highest BCUT2D eigenvalue weighted by Gasteiger charge is 1.78. The van der Waals surface area contributed by atoms with E-state index in [-0.39, 0.29) is 0 Å². The van der Waals surface area contributed by atoms with E-state index in [1.165, 1.54) is 12.3 Å². The number of carbonyl (C=O) groups excluding carboxylic acids is 1. The molecule has 0 amide bonds. The van der Waals surface area contributed by atoms with Gasteiger partial charge in [0, 0.05) is 6.08 Å². The average molecular weight is 128 g/mol. The predicted octanol–water partition coefficient (Wildman–Crippen LogP) is 1.52. The van der Waals surface area contributed by atoms with Gasteiger partial charge in [-0.25, -0.2) is 0 Å². The van der Waals surface area contributed by atoms with Crippen LogP contribution in [0.4, 0.5) is 0 Å². The van der Waals surface area contributed by atoms with Crippen molar-refractivity contribution >= 4 is 6.29 Å². The number of aldehydes is 1. The summed E-state index contributed by atoms with van der Waals surface area (Å²) < 4.78 is 4.90. The fourth-order valence-electron chi connectivity index (χ4n) is 0.383. The number of hydrogen-bond donors (Lipinski definition) is 0. The topological polar surface area (TPSA) is 26.3 Å². The van der Waals surface area contributed by atoms with Crippen LogP contribution < -0.4 is 0 Å². The van der Waals surface area contributed by atoms with Crippen molar-refractivity contribution in [2.45, 2.75) is 19.8 Å². The molecule has 0 saturated carbocycles. The minimum atomic E-state index is 0.700. The zero-order valence-corrected chi connectivity index (χ0v) is 5.67. The van der Waals surface area contributed by atoms with Gasteiger partial charge in [0.2, 0.25) is 0 Å². The van der Waals surface area contributed by atoms with Crippen LogP contribution in [-0.4, -0.2) is 12.9 Å². The summed E-state index contributed by atoms with van der Waals surface area (Å²) in [5.41, 5.74) is 0. The van der Waals surface area contributed by atoms with E-state index in [0.29, 0.717) is 12.9 Å². The van der Waals surface area contributed by atoms with E-state index in [9.17, 15) is 4.79 Å². The first-order valence-electron chi connectivity index (χ1n) is 3.13. The summed E-state index contributed by atoms with van der Waals surface area (Å²) in [5.74, 6) is 0. The van der Waals surface area contributed by atoms with Crippen molar-refractivity contribution in [2.75, 3.05) is 6.61 Å². The molecule has 0 aliphatic rings. The third-order valence-electron chi connectivity index (χ3n) is 0.869. The molecule has 0 rings (SSSR count). The summed E-state index contributed by atoms with van der Waals surface area (Å²) in [6.07, 6.45) is 5.63. The van der Waals surface area contributed by atoms with E-state index >= 15 is 0 Å². The van der Waals surface area contributed by atoms with Gasteiger partial charge in [-0.15, -0.1) is 0 Å². The van der Waals surface area contributed by atoms with E-state index in [1.807, 2.05) is 0 Å². The smallest absolute Gasteiger partial charge is 0.145 e. The minimum Gasteiger partial charge on any atom is -0.501 e. The van der Waals surface area contributed by atoms with Crippen LogP contribution in [0.3, 0.4) is 0 Å². The maximum atomic E-state index is 9.67. The predicted molar refractivity (Wildman–Crippen MR) is 36.1 cm³/mol. The Morgan fingerprint density at radius 2 is 2.33 bits per heavy atom. The van der Waals surface area contributed by atoms with Crippen molar-refractivity contribution in [3.05, 3.63) is 12.3 Å². The monoisotopic (exact) mass is 128 g/mol. The molecule has 0 atom stereocenters. The summed E-state index contributed by atoms with van der Waals surface area (Å²) >= 11 is 0. The Bertz CT molecular complexity index is 86.9. The van der Waals surface area contributed by atoms with Gasteiger partial charge in [-0.3, -0.25) is 4.79 Å². The molecule has 2 heteroatoms. The lowest BCUT2D eigenvalue weighted by molar-refractivity contribution is -0.104. The maximum absolute atomic E-state index is 9.67.